The number of carbonyl (C=O) groups is 1. The minimum absolute atomic E-state index is 0.251. The number of piperidine rings is 1. The highest BCUT2D eigenvalue weighted by molar-refractivity contribution is 6.01. The van der Waals surface area contributed by atoms with Crippen molar-refractivity contribution >= 4 is 28.3 Å². The summed E-state index contributed by atoms with van der Waals surface area (Å²) in [4.78, 5) is 24.2. The van der Waals surface area contributed by atoms with Gasteiger partial charge in [-0.2, -0.15) is 0 Å². The number of rotatable bonds is 3. The second-order valence-electron chi connectivity index (χ2n) is 6.59. The van der Waals surface area contributed by atoms with Crippen molar-refractivity contribution in [3.05, 3.63) is 30.9 Å². The normalized spacial score (nSPS) is 20.4. The van der Waals surface area contributed by atoms with Crippen molar-refractivity contribution in [3.8, 4) is 0 Å². The molecule has 1 unspecified atom stereocenters. The maximum atomic E-state index is 12.3. The first kappa shape index (κ1) is 15.1. The van der Waals surface area contributed by atoms with Gasteiger partial charge in [-0.1, -0.05) is 13.5 Å². The number of likely N-dealkylation sites (tertiary alicyclic amines) is 1. The van der Waals surface area contributed by atoms with Crippen LogP contribution in [-0.2, 0) is 4.79 Å². The number of nitrogens with one attached hydrogen (secondary N) is 2. The predicted octanol–water partition coefficient (Wildman–Crippen LogP) is 3.06. The molecule has 4 rings (SSSR count). The number of hydrogen-bond acceptors (Lipinski definition) is 4. The van der Waals surface area contributed by atoms with Crippen LogP contribution in [0, 0.1) is 0 Å². The Bertz CT molecular complexity index is 796. The Morgan fingerprint density at radius 1 is 1.50 bits per heavy atom. The van der Waals surface area contributed by atoms with Crippen LogP contribution in [0.1, 0.15) is 32.6 Å². The van der Waals surface area contributed by atoms with Gasteiger partial charge in [-0.05, 0) is 25.3 Å². The number of hydrogen-bond donors (Lipinski definition) is 2. The van der Waals surface area contributed by atoms with E-state index in [4.69, 9.17) is 0 Å². The molecule has 1 saturated heterocycles. The lowest BCUT2D eigenvalue weighted by atomic mass is 10.0. The first-order valence-electron chi connectivity index (χ1n) is 8.68. The quantitative estimate of drug-likeness (QED) is 0.910. The van der Waals surface area contributed by atoms with Gasteiger partial charge in [-0.25, -0.2) is 4.98 Å². The van der Waals surface area contributed by atoms with Gasteiger partial charge in [0.25, 0.3) is 0 Å². The Balaban J connectivity index is 1.66. The summed E-state index contributed by atoms with van der Waals surface area (Å²) in [6.45, 7) is 7.87. The van der Waals surface area contributed by atoms with Gasteiger partial charge in [-0.3, -0.25) is 4.79 Å². The summed E-state index contributed by atoms with van der Waals surface area (Å²) in [5.41, 5.74) is 3.00. The molecule has 6 heteroatoms. The molecule has 2 N–H and O–H groups in total. The van der Waals surface area contributed by atoms with Crippen molar-refractivity contribution in [3.63, 3.8) is 0 Å². The highest BCUT2D eigenvalue weighted by atomic mass is 16.2. The molecule has 1 atom stereocenters. The molecule has 0 radical (unpaired) electrons. The summed E-state index contributed by atoms with van der Waals surface area (Å²) in [5.74, 6) is 1.14. The maximum Gasteiger partial charge on any atom is 0.222 e. The van der Waals surface area contributed by atoms with Crippen LogP contribution < -0.4 is 10.2 Å². The van der Waals surface area contributed by atoms with E-state index in [-0.39, 0.29) is 11.9 Å². The standard InChI is InChI=1S/C18H23N5O/c1-3-5-16(24)22-9-4-6-13(11-22)23-12(2)21-15-10-20-18-14(17(15)23)7-8-19-18/h7-8,10,13,21H,2-6,9,11H2,1H3,(H,19,20). The number of aromatic amines is 1. The van der Waals surface area contributed by atoms with Crippen molar-refractivity contribution in [1.29, 1.82) is 0 Å². The molecule has 0 spiro atoms. The zero-order valence-electron chi connectivity index (χ0n) is 14.0. The van der Waals surface area contributed by atoms with Crippen LogP contribution in [0.15, 0.2) is 30.9 Å². The minimum Gasteiger partial charge on any atom is -0.346 e. The molecular weight excluding hydrogens is 302 g/mol. The van der Waals surface area contributed by atoms with E-state index < -0.39 is 0 Å². The van der Waals surface area contributed by atoms with Crippen LogP contribution in [0.2, 0.25) is 0 Å². The number of H-pyrrole nitrogens is 1. The molecule has 0 aromatic carbocycles. The first-order valence-corrected chi connectivity index (χ1v) is 8.68. The second-order valence-corrected chi connectivity index (χ2v) is 6.59. The van der Waals surface area contributed by atoms with E-state index >= 15 is 0 Å². The number of carbonyl (C=O) groups excluding carboxylic acids is 1. The fraction of sp³-hybridized carbons (Fsp3) is 0.444. The summed E-state index contributed by atoms with van der Waals surface area (Å²) in [5, 5.41) is 4.44. The van der Waals surface area contributed by atoms with Gasteiger partial charge < -0.3 is 20.1 Å². The zero-order valence-corrected chi connectivity index (χ0v) is 14.0. The van der Waals surface area contributed by atoms with E-state index in [2.05, 4.69) is 39.8 Å². The summed E-state index contributed by atoms with van der Waals surface area (Å²) < 4.78 is 0. The van der Waals surface area contributed by atoms with Crippen LogP contribution in [0.25, 0.3) is 11.0 Å². The molecule has 2 aliphatic heterocycles. The Labute approximate surface area is 141 Å². The highest BCUT2D eigenvalue weighted by Crippen LogP contribution is 2.42. The van der Waals surface area contributed by atoms with Crippen LogP contribution in [-0.4, -0.2) is 39.9 Å². The number of amides is 1. The Hall–Kier alpha value is -2.50. The summed E-state index contributed by atoms with van der Waals surface area (Å²) in [6.07, 6.45) is 7.38. The highest BCUT2D eigenvalue weighted by Gasteiger charge is 2.35. The van der Waals surface area contributed by atoms with Crippen LogP contribution >= 0.6 is 0 Å². The molecular formula is C18H23N5O. The number of pyridine rings is 1. The number of nitrogens with zero attached hydrogens (tertiary/aromatic N) is 3. The molecule has 4 heterocycles. The lowest BCUT2D eigenvalue weighted by Crippen LogP contribution is -2.49. The van der Waals surface area contributed by atoms with Gasteiger partial charge in [0.1, 0.15) is 11.5 Å². The second kappa shape index (κ2) is 5.85. The predicted molar refractivity (Wildman–Crippen MR) is 95.8 cm³/mol. The van der Waals surface area contributed by atoms with E-state index in [9.17, 15) is 4.79 Å². The molecule has 2 aromatic rings. The maximum absolute atomic E-state index is 12.3. The molecule has 0 aliphatic carbocycles. The van der Waals surface area contributed by atoms with Gasteiger partial charge in [0.15, 0.2) is 0 Å². The monoisotopic (exact) mass is 325 g/mol. The lowest BCUT2D eigenvalue weighted by molar-refractivity contribution is -0.132. The van der Waals surface area contributed by atoms with Crippen LogP contribution in [0.5, 0.6) is 0 Å². The average molecular weight is 325 g/mol. The largest absolute Gasteiger partial charge is 0.346 e. The van der Waals surface area contributed by atoms with Gasteiger partial charge >= 0.3 is 0 Å². The van der Waals surface area contributed by atoms with E-state index in [0.29, 0.717) is 6.42 Å². The Morgan fingerprint density at radius 3 is 3.21 bits per heavy atom. The van der Waals surface area contributed by atoms with E-state index in [1.807, 2.05) is 17.3 Å². The van der Waals surface area contributed by atoms with Crippen molar-refractivity contribution < 1.29 is 4.79 Å². The minimum atomic E-state index is 0.251. The van der Waals surface area contributed by atoms with Crippen molar-refractivity contribution in [2.45, 2.75) is 38.6 Å². The fourth-order valence-corrected chi connectivity index (χ4v) is 3.86. The van der Waals surface area contributed by atoms with Gasteiger partial charge in [-0.15, -0.1) is 0 Å². The number of fused-ring (bicyclic) bond motifs is 3. The molecule has 1 amide bonds. The zero-order chi connectivity index (χ0) is 16.7. The SMILES string of the molecule is C=C1Nc2cnc3[nH]ccc3c2N1C1CCCN(C(=O)CCC)C1. The van der Waals surface area contributed by atoms with E-state index in [1.54, 1.807) is 0 Å². The van der Waals surface area contributed by atoms with E-state index in [1.165, 1.54) is 0 Å². The van der Waals surface area contributed by atoms with Gasteiger partial charge in [0.2, 0.25) is 5.91 Å². The lowest BCUT2D eigenvalue weighted by Gasteiger charge is -2.38. The van der Waals surface area contributed by atoms with Crippen molar-refractivity contribution in [2.75, 3.05) is 23.3 Å². The molecule has 1 fully saturated rings. The molecule has 6 nitrogen and oxygen atoms in total. The summed E-state index contributed by atoms with van der Waals surface area (Å²) >= 11 is 0. The van der Waals surface area contributed by atoms with Gasteiger partial charge in [0, 0.05) is 31.1 Å². The molecule has 0 saturated carbocycles. The summed E-state index contributed by atoms with van der Waals surface area (Å²) in [7, 11) is 0. The van der Waals surface area contributed by atoms with Crippen LogP contribution in [0.4, 0.5) is 11.4 Å². The molecule has 24 heavy (non-hydrogen) atoms. The third-order valence-electron chi connectivity index (χ3n) is 4.95. The Kier molecular flexibility index (Phi) is 3.67. The average Bonchev–Trinajstić information content (AvgIpc) is 3.18. The smallest absolute Gasteiger partial charge is 0.222 e. The van der Waals surface area contributed by atoms with Crippen molar-refractivity contribution in [2.24, 2.45) is 0 Å². The number of aromatic nitrogens is 2. The molecule has 126 valence electrons. The van der Waals surface area contributed by atoms with Crippen molar-refractivity contribution in [1.82, 2.24) is 14.9 Å². The van der Waals surface area contributed by atoms with E-state index in [0.717, 1.165) is 60.6 Å². The number of anilines is 2. The van der Waals surface area contributed by atoms with Crippen LogP contribution in [0.3, 0.4) is 0 Å². The topological polar surface area (TPSA) is 64.3 Å². The molecule has 2 aliphatic rings. The molecule has 2 aromatic heterocycles. The molecule has 0 bridgehead atoms. The third-order valence-corrected chi connectivity index (χ3v) is 4.95. The summed E-state index contributed by atoms with van der Waals surface area (Å²) in [6, 6.07) is 2.30. The first-order chi connectivity index (χ1) is 11.7. The Morgan fingerprint density at radius 2 is 2.38 bits per heavy atom. The van der Waals surface area contributed by atoms with Gasteiger partial charge in [0.05, 0.1) is 23.6 Å². The third kappa shape index (κ3) is 2.33. The fourth-order valence-electron chi connectivity index (χ4n) is 3.86.